The van der Waals surface area contributed by atoms with Crippen LogP contribution in [0.3, 0.4) is 0 Å². The van der Waals surface area contributed by atoms with Gasteiger partial charge in [-0.3, -0.25) is 9.59 Å². The van der Waals surface area contributed by atoms with Crippen molar-refractivity contribution in [3.8, 4) is 0 Å². The van der Waals surface area contributed by atoms with Crippen LogP contribution in [0.4, 0.5) is 22.7 Å². The van der Waals surface area contributed by atoms with Gasteiger partial charge in [-0.2, -0.15) is 0 Å². The lowest BCUT2D eigenvalue weighted by atomic mass is 9.82. The van der Waals surface area contributed by atoms with E-state index in [1.807, 2.05) is 32.0 Å². The van der Waals surface area contributed by atoms with Crippen LogP contribution in [0.25, 0.3) is 0 Å². The Morgan fingerprint density at radius 3 is 1.56 bits per heavy atom. The highest BCUT2D eigenvalue weighted by atomic mass is 32.2. The number of hydrogen-bond acceptors (Lipinski definition) is 7. The zero-order valence-electron chi connectivity index (χ0n) is 39.6. The Labute approximate surface area is 382 Å². The summed E-state index contributed by atoms with van der Waals surface area (Å²) in [6.45, 7) is 23.1. The van der Waals surface area contributed by atoms with Gasteiger partial charge in [0.25, 0.3) is 0 Å². The summed E-state index contributed by atoms with van der Waals surface area (Å²) in [4.78, 5) is 30.0. The largest absolute Gasteiger partial charge is 0.354 e. The third-order valence-electron chi connectivity index (χ3n) is 13.5. The van der Waals surface area contributed by atoms with Gasteiger partial charge in [-0.15, -0.1) is 0 Å². The van der Waals surface area contributed by atoms with Crippen molar-refractivity contribution < 1.29 is 18.0 Å². The van der Waals surface area contributed by atoms with Crippen LogP contribution in [0, 0.1) is 25.7 Å². The van der Waals surface area contributed by atoms with Crippen LogP contribution < -0.4 is 16.0 Å². The first-order valence-electron chi connectivity index (χ1n) is 24.0. The van der Waals surface area contributed by atoms with Gasteiger partial charge in [0.05, 0.1) is 33.2 Å². The van der Waals surface area contributed by atoms with Crippen LogP contribution in [0.15, 0.2) is 53.4 Å². The quantitative estimate of drug-likeness (QED) is 0.0567. The molecule has 5 rings (SSSR count). The van der Waals surface area contributed by atoms with Crippen molar-refractivity contribution in [3.63, 3.8) is 0 Å². The van der Waals surface area contributed by atoms with E-state index in [9.17, 15) is 18.0 Å². The zero-order valence-corrected chi connectivity index (χ0v) is 40.4. The van der Waals surface area contributed by atoms with Crippen LogP contribution in [0.5, 0.6) is 0 Å². The highest BCUT2D eigenvalue weighted by Crippen LogP contribution is 2.43. The van der Waals surface area contributed by atoms with Gasteiger partial charge in [0.15, 0.2) is 21.4 Å². The third kappa shape index (κ3) is 11.3. The molecular formula is C55H79N3O4S. The van der Waals surface area contributed by atoms with Crippen molar-refractivity contribution in [2.24, 2.45) is 11.8 Å². The molecule has 0 saturated carbocycles. The predicted octanol–water partition coefficient (Wildman–Crippen LogP) is 14.1. The molecule has 0 saturated heterocycles. The fourth-order valence-corrected chi connectivity index (χ4v) is 11.8. The average Bonchev–Trinajstić information content (AvgIpc) is 3.27. The molecule has 8 heteroatoms. The molecule has 0 aliphatic heterocycles. The third-order valence-corrected chi connectivity index (χ3v) is 15.5. The first kappa shape index (κ1) is 51.4. The van der Waals surface area contributed by atoms with Crippen molar-refractivity contribution in [2.45, 2.75) is 172 Å². The Balaban J connectivity index is 0.00000871. The van der Waals surface area contributed by atoms with E-state index in [1.165, 1.54) is 36.0 Å². The molecule has 0 bridgehead atoms. The summed E-state index contributed by atoms with van der Waals surface area (Å²) in [5.41, 5.74) is 11.5. The Bertz CT molecular complexity index is 2330. The Morgan fingerprint density at radius 2 is 1.08 bits per heavy atom. The summed E-state index contributed by atoms with van der Waals surface area (Å²) in [5.74, 6) is 0.665. The fraction of sp³-hybridized carbons (Fsp3) is 0.527. The Morgan fingerprint density at radius 1 is 0.587 bits per heavy atom. The van der Waals surface area contributed by atoms with Crippen molar-refractivity contribution >= 4 is 44.2 Å². The van der Waals surface area contributed by atoms with Gasteiger partial charge in [-0.25, -0.2) is 8.42 Å². The monoisotopic (exact) mass is 878 g/mol. The smallest absolute Gasteiger partial charge is 0.196 e. The van der Waals surface area contributed by atoms with E-state index in [2.05, 4.69) is 77.4 Å². The van der Waals surface area contributed by atoms with Gasteiger partial charge in [0, 0.05) is 29.0 Å². The standard InChI is InChI=1S/C54H75N3O4S.CH4/c1-11-19-23-37(13-3)29-30-62(60,61)54-36(10)32-40(16-6)51(42(54)18-8)57-47-28-27-46(48-49(47)53(59)44-26-22-21-25-43(44)52(48)58)56-50-39(15-5)31-35(9)45(41(50)17-7)34-55-33-38(14-4)24-20-12-2;/h21-22,25-28,31-32,37-38,55-57H,11-20,23-24,29-30,33-34H2,1-10H3;1H4. The highest BCUT2D eigenvalue weighted by Gasteiger charge is 2.35. The molecule has 4 aromatic rings. The molecule has 1 aliphatic carbocycles. The summed E-state index contributed by atoms with van der Waals surface area (Å²) in [6.07, 6.45) is 12.4. The number of fused-ring (bicyclic) bond motifs is 2. The topological polar surface area (TPSA) is 104 Å². The van der Waals surface area contributed by atoms with E-state index in [0.717, 1.165) is 86.0 Å². The molecule has 1 aliphatic rings. The van der Waals surface area contributed by atoms with Crippen LogP contribution in [-0.4, -0.2) is 32.3 Å². The highest BCUT2D eigenvalue weighted by molar-refractivity contribution is 7.91. The number of carbonyl (C=O) groups is 2. The minimum Gasteiger partial charge on any atom is -0.354 e. The molecule has 0 radical (unpaired) electrons. The lowest BCUT2D eigenvalue weighted by Gasteiger charge is -2.28. The molecular weight excluding hydrogens is 799 g/mol. The molecule has 0 amide bonds. The van der Waals surface area contributed by atoms with E-state index in [0.29, 0.717) is 75.3 Å². The number of benzene rings is 4. The second-order valence-corrected chi connectivity index (χ2v) is 19.6. The summed E-state index contributed by atoms with van der Waals surface area (Å²) in [6, 6.07) is 15.1. The maximum absolute atomic E-state index is 14.8. The molecule has 7 nitrogen and oxygen atoms in total. The summed E-state index contributed by atoms with van der Waals surface area (Å²) in [5, 5.41) is 11.2. The molecule has 0 aromatic heterocycles. The number of ketones is 2. The van der Waals surface area contributed by atoms with Gasteiger partial charge in [-0.05, 0) is 122 Å². The van der Waals surface area contributed by atoms with Crippen LogP contribution in [0.1, 0.15) is 191 Å². The lowest BCUT2D eigenvalue weighted by Crippen LogP contribution is -2.25. The Kier molecular flexibility index (Phi) is 19.2. The maximum atomic E-state index is 14.8. The Hall–Kier alpha value is -4.27. The van der Waals surface area contributed by atoms with Gasteiger partial charge in [0.1, 0.15) is 0 Å². The molecule has 0 spiro atoms. The van der Waals surface area contributed by atoms with E-state index < -0.39 is 9.84 Å². The van der Waals surface area contributed by atoms with Crippen molar-refractivity contribution in [1.82, 2.24) is 5.32 Å². The molecule has 0 heterocycles. The molecule has 4 aromatic carbocycles. The summed E-state index contributed by atoms with van der Waals surface area (Å²) >= 11 is 0. The summed E-state index contributed by atoms with van der Waals surface area (Å²) in [7, 11) is -3.63. The number of rotatable bonds is 24. The van der Waals surface area contributed by atoms with Crippen molar-refractivity contribution in [3.05, 3.63) is 110 Å². The van der Waals surface area contributed by atoms with E-state index in [1.54, 1.807) is 24.3 Å². The number of nitrogens with one attached hydrogen (secondary N) is 3. The molecule has 344 valence electrons. The second kappa shape index (κ2) is 23.6. The fourth-order valence-electron chi connectivity index (χ4n) is 9.74. The molecule has 0 fully saturated rings. The molecule has 2 unspecified atom stereocenters. The molecule has 3 N–H and O–H groups in total. The van der Waals surface area contributed by atoms with Crippen LogP contribution in [0.2, 0.25) is 0 Å². The first-order valence-corrected chi connectivity index (χ1v) is 25.6. The number of carbonyl (C=O) groups excluding carboxylic acids is 2. The van der Waals surface area contributed by atoms with Crippen LogP contribution >= 0.6 is 0 Å². The molecule has 63 heavy (non-hydrogen) atoms. The minimum atomic E-state index is -3.63. The number of unbranched alkanes of at least 4 members (excludes halogenated alkanes) is 2. The van der Waals surface area contributed by atoms with Gasteiger partial charge >= 0.3 is 0 Å². The summed E-state index contributed by atoms with van der Waals surface area (Å²) < 4.78 is 28.7. The lowest BCUT2D eigenvalue weighted by molar-refractivity contribution is 0.0980. The number of aryl methyl sites for hydroxylation is 4. The van der Waals surface area contributed by atoms with Crippen molar-refractivity contribution in [1.29, 1.82) is 0 Å². The molecule has 2 atom stereocenters. The van der Waals surface area contributed by atoms with Crippen LogP contribution in [-0.2, 0) is 42.1 Å². The normalized spacial score (nSPS) is 13.3. The van der Waals surface area contributed by atoms with Gasteiger partial charge < -0.3 is 16.0 Å². The number of hydrogen-bond donors (Lipinski definition) is 3. The van der Waals surface area contributed by atoms with Gasteiger partial charge in [-0.1, -0.05) is 144 Å². The number of sulfone groups is 1. The maximum Gasteiger partial charge on any atom is 0.196 e. The number of anilines is 4. The van der Waals surface area contributed by atoms with Gasteiger partial charge in [0.2, 0.25) is 0 Å². The van der Waals surface area contributed by atoms with E-state index >= 15 is 0 Å². The van der Waals surface area contributed by atoms with Crippen molar-refractivity contribution in [2.75, 3.05) is 22.9 Å². The van der Waals surface area contributed by atoms with E-state index in [4.69, 9.17) is 0 Å². The van der Waals surface area contributed by atoms with E-state index in [-0.39, 0.29) is 24.7 Å². The SMILES string of the molecule is C.CCCCC(CC)CCS(=O)(=O)c1c(C)cc(CC)c(Nc2ccc(Nc3c(CC)cc(C)c(CNCC(CC)CCCC)c3CC)c3c2C(=O)c2ccccc2C3=O)c1CC. The predicted molar refractivity (Wildman–Crippen MR) is 268 cm³/mol. The first-order chi connectivity index (χ1) is 29.8. The minimum absolute atomic E-state index is 0. The average molecular weight is 878 g/mol. The second-order valence-electron chi connectivity index (χ2n) is 17.6. The zero-order chi connectivity index (χ0) is 45.1.